The Morgan fingerprint density at radius 3 is 2.17 bits per heavy atom. The lowest BCUT2D eigenvalue weighted by Crippen LogP contribution is -2.48. The minimum Gasteiger partial charge on any atom is -0.386 e. The summed E-state index contributed by atoms with van der Waals surface area (Å²) >= 11 is 1.39. The second-order valence-electron chi connectivity index (χ2n) is 6.46. The molecule has 0 radical (unpaired) electrons. The molecule has 1 aromatic heterocycles. The highest BCUT2D eigenvalue weighted by Crippen LogP contribution is 2.25. The summed E-state index contributed by atoms with van der Waals surface area (Å²) in [6.07, 6.45) is 0. The van der Waals surface area contributed by atoms with Crippen LogP contribution < -0.4 is 4.90 Å². The molecule has 0 atom stereocenters. The Balaban J connectivity index is 1.67. The fraction of sp³-hybridized carbons (Fsp3) is 0.412. The van der Waals surface area contributed by atoms with Crippen molar-refractivity contribution in [2.75, 3.05) is 31.1 Å². The van der Waals surface area contributed by atoms with Crippen LogP contribution in [0.25, 0.3) is 0 Å². The Kier molecular flexibility index (Phi) is 4.70. The van der Waals surface area contributed by atoms with E-state index in [1.807, 2.05) is 24.3 Å². The normalized spacial score (nSPS) is 17.2. The zero-order valence-electron chi connectivity index (χ0n) is 13.8. The number of hydrogen-bond donors (Lipinski definition) is 1. The summed E-state index contributed by atoms with van der Waals surface area (Å²) in [4.78, 5) is 2.56. The average Bonchev–Trinajstić information content (AvgIpc) is 3.10. The molecule has 0 bridgehead atoms. The monoisotopic (exact) mass is 366 g/mol. The molecule has 2 aromatic rings. The first-order chi connectivity index (χ1) is 11.3. The van der Waals surface area contributed by atoms with Crippen LogP contribution in [0.3, 0.4) is 0 Å². The molecular formula is C17H22N2O3S2. The van der Waals surface area contributed by atoms with E-state index in [-0.39, 0.29) is 0 Å². The molecule has 0 unspecified atom stereocenters. The first kappa shape index (κ1) is 17.4. The van der Waals surface area contributed by atoms with Crippen molar-refractivity contribution in [3.63, 3.8) is 0 Å². The van der Waals surface area contributed by atoms with Crippen molar-refractivity contribution < 1.29 is 13.5 Å². The number of piperazine rings is 1. The molecule has 0 spiro atoms. The molecule has 1 aliphatic heterocycles. The zero-order chi connectivity index (χ0) is 17.4. The van der Waals surface area contributed by atoms with Gasteiger partial charge in [0.2, 0.25) is 10.0 Å². The van der Waals surface area contributed by atoms with Gasteiger partial charge in [0, 0.05) is 37.2 Å². The highest BCUT2D eigenvalue weighted by molar-refractivity contribution is 7.89. The molecule has 0 saturated carbocycles. The van der Waals surface area contributed by atoms with Gasteiger partial charge in [-0.3, -0.25) is 0 Å². The number of anilines is 1. The highest BCUT2D eigenvalue weighted by Gasteiger charge is 2.28. The van der Waals surface area contributed by atoms with Gasteiger partial charge < -0.3 is 10.0 Å². The Hall–Kier alpha value is -1.41. The predicted molar refractivity (Wildman–Crippen MR) is 97.0 cm³/mol. The van der Waals surface area contributed by atoms with Gasteiger partial charge in [-0.2, -0.15) is 15.6 Å². The molecule has 5 nitrogen and oxygen atoms in total. The van der Waals surface area contributed by atoms with Crippen molar-refractivity contribution in [1.82, 2.24) is 4.31 Å². The smallest absolute Gasteiger partial charge is 0.244 e. The standard InChI is InChI=1S/C17H22N2O3S2/c1-17(2,20)14-3-5-15(6-4-14)18-8-10-19(11-9-18)24(21,22)16-7-12-23-13-16/h3-7,12-13,20H,8-11H2,1-2H3. The van der Waals surface area contributed by atoms with Gasteiger partial charge in [0.1, 0.15) is 0 Å². The highest BCUT2D eigenvalue weighted by atomic mass is 32.2. The van der Waals surface area contributed by atoms with E-state index in [4.69, 9.17) is 0 Å². The van der Waals surface area contributed by atoms with E-state index in [9.17, 15) is 13.5 Å². The maximum absolute atomic E-state index is 12.5. The SMILES string of the molecule is CC(C)(O)c1ccc(N2CCN(S(=O)(=O)c3ccsc3)CC2)cc1. The fourth-order valence-corrected chi connectivity index (χ4v) is 5.25. The van der Waals surface area contributed by atoms with Crippen LogP contribution in [0.5, 0.6) is 0 Å². The van der Waals surface area contributed by atoms with Crippen LogP contribution in [0.4, 0.5) is 5.69 Å². The first-order valence-electron chi connectivity index (χ1n) is 7.89. The van der Waals surface area contributed by atoms with Crippen molar-refractivity contribution in [2.24, 2.45) is 0 Å². The minimum atomic E-state index is -3.37. The Bertz CT molecular complexity index is 770. The largest absolute Gasteiger partial charge is 0.386 e. The van der Waals surface area contributed by atoms with Gasteiger partial charge in [-0.05, 0) is 43.0 Å². The molecule has 0 amide bonds. The second kappa shape index (κ2) is 6.48. The van der Waals surface area contributed by atoms with E-state index in [1.165, 1.54) is 11.3 Å². The van der Waals surface area contributed by atoms with E-state index in [2.05, 4.69) is 4.90 Å². The van der Waals surface area contributed by atoms with Crippen molar-refractivity contribution in [3.8, 4) is 0 Å². The summed E-state index contributed by atoms with van der Waals surface area (Å²) in [5.41, 5.74) is 1.06. The number of rotatable bonds is 4. The molecule has 3 rings (SSSR count). The van der Waals surface area contributed by atoms with Gasteiger partial charge in [-0.25, -0.2) is 8.42 Å². The third kappa shape index (κ3) is 3.49. The van der Waals surface area contributed by atoms with E-state index >= 15 is 0 Å². The van der Waals surface area contributed by atoms with Crippen LogP contribution in [0.2, 0.25) is 0 Å². The van der Waals surface area contributed by atoms with Crippen molar-refractivity contribution >= 4 is 27.0 Å². The van der Waals surface area contributed by atoms with Crippen molar-refractivity contribution in [1.29, 1.82) is 0 Å². The third-order valence-electron chi connectivity index (χ3n) is 4.31. The van der Waals surface area contributed by atoms with Gasteiger partial charge in [0.05, 0.1) is 10.5 Å². The van der Waals surface area contributed by atoms with Crippen LogP contribution >= 0.6 is 11.3 Å². The van der Waals surface area contributed by atoms with Gasteiger partial charge in [0.15, 0.2) is 0 Å². The summed E-state index contributed by atoms with van der Waals surface area (Å²) in [5, 5.41) is 13.5. The lowest BCUT2D eigenvalue weighted by Gasteiger charge is -2.35. The Morgan fingerprint density at radius 1 is 1.04 bits per heavy atom. The van der Waals surface area contributed by atoms with E-state index in [1.54, 1.807) is 35.0 Å². The van der Waals surface area contributed by atoms with Crippen LogP contribution in [0, 0.1) is 0 Å². The van der Waals surface area contributed by atoms with E-state index in [0.717, 1.165) is 11.3 Å². The number of sulfonamides is 1. The van der Waals surface area contributed by atoms with Gasteiger partial charge in [-0.1, -0.05) is 12.1 Å². The second-order valence-corrected chi connectivity index (χ2v) is 9.17. The molecular weight excluding hydrogens is 344 g/mol. The maximum atomic E-state index is 12.5. The van der Waals surface area contributed by atoms with E-state index < -0.39 is 15.6 Å². The van der Waals surface area contributed by atoms with E-state index in [0.29, 0.717) is 31.1 Å². The molecule has 1 aliphatic rings. The Morgan fingerprint density at radius 2 is 1.67 bits per heavy atom. The van der Waals surface area contributed by atoms with Gasteiger partial charge in [-0.15, -0.1) is 0 Å². The lowest BCUT2D eigenvalue weighted by molar-refractivity contribution is 0.0786. The first-order valence-corrected chi connectivity index (χ1v) is 10.3. The summed E-state index contributed by atoms with van der Waals surface area (Å²) in [7, 11) is -3.37. The van der Waals surface area contributed by atoms with Crippen molar-refractivity contribution in [2.45, 2.75) is 24.3 Å². The number of benzene rings is 1. The minimum absolute atomic E-state index is 0.385. The van der Waals surface area contributed by atoms with Crippen LogP contribution in [0.15, 0.2) is 46.0 Å². The third-order valence-corrected chi connectivity index (χ3v) is 7.04. The molecule has 1 saturated heterocycles. The molecule has 1 N–H and O–H groups in total. The Labute approximate surface area is 147 Å². The summed E-state index contributed by atoms with van der Waals surface area (Å²) < 4.78 is 26.6. The molecule has 0 aliphatic carbocycles. The topological polar surface area (TPSA) is 60.9 Å². The average molecular weight is 367 g/mol. The molecule has 130 valence electrons. The molecule has 1 fully saturated rings. The summed E-state index contributed by atoms with van der Waals surface area (Å²) in [6.45, 7) is 5.79. The van der Waals surface area contributed by atoms with Gasteiger partial charge in [0.25, 0.3) is 0 Å². The fourth-order valence-electron chi connectivity index (χ4n) is 2.81. The quantitative estimate of drug-likeness (QED) is 0.903. The van der Waals surface area contributed by atoms with Crippen LogP contribution in [-0.4, -0.2) is 44.0 Å². The number of nitrogens with zero attached hydrogens (tertiary/aromatic N) is 2. The summed E-state index contributed by atoms with van der Waals surface area (Å²) in [6, 6.07) is 9.46. The van der Waals surface area contributed by atoms with Gasteiger partial charge >= 0.3 is 0 Å². The predicted octanol–water partition coefficient (Wildman–Crippen LogP) is 2.49. The van der Waals surface area contributed by atoms with Crippen LogP contribution in [0.1, 0.15) is 19.4 Å². The number of aliphatic hydroxyl groups is 1. The zero-order valence-corrected chi connectivity index (χ0v) is 15.5. The molecule has 1 aromatic carbocycles. The molecule has 2 heterocycles. The van der Waals surface area contributed by atoms with Crippen molar-refractivity contribution in [3.05, 3.63) is 46.7 Å². The molecule has 7 heteroatoms. The maximum Gasteiger partial charge on any atom is 0.244 e. The van der Waals surface area contributed by atoms with Crippen LogP contribution in [-0.2, 0) is 15.6 Å². The number of hydrogen-bond acceptors (Lipinski definition) is 5. The summed E-state index contributed by atoms with van der Waals surface area (Å²) in [5.74, 6) is 0. The molecule has 24 heavy (non-hydrogen) atoms. The lowest BCUT2D eigenvalue weighted by atomic mass is 9.98. The number of thiophene rings is 1.